The van der Waals surface area contributed by atoms with Gasteiger partial charge in [0.1, 0.15) is 0 Å². The van der Waals surface area contributed by atoms with Crippen molar-refractivity contribution in [2.24, 2.45) is 0 Å². The summed E-state index contributed by atoms with van der Waals surface area (Å²) in [6.45, 7) is 1.93. The molecule has 1 aliphatic heterocycles. The van der Waals surface area contributed by atoms with E-state index in [0.717, 1.165) is 6.42 Å². The lowest BCUT2D eigenvalue weighted by molar-refractivity contribution is -0.117. The highest BCUT2D eigenvalue weighted by Crippen LogP contribution is 2.30. The number of carbonyl (C=O) groups excluding carboxylic acids is 3. The lowest BCUT2D eigenvalue weighted by Gasteiger charge is -2.20. The van der Waals surface area contributed by atoms with Gasteiger partial charge in [0.25, 0.3) is 5.91 Å². The monoisotopic (exact) mass is 405 g/mol. The predicted molar refractivity (Wildman–Crippen MR) is 107 cm³/mol. The molecule has 8 heteroatoms. The smallest absolute Gasteiger partial charge is 0.257 e. The summed E-state index contributed by atoms with van der Waals surface area (Å²) in [5, 5.41) is 6.11. The van der Waals surface area contributed by atoms with Crippen LogP contribution in [0.5, 0.6) is 0 Å². The summed E-state index contributed by atoms with van der Waals surface area (Å²) in [7, 11) is 0. The number of carbonyl (C=O) groups is 3. The zero-order chi connectivity index (χ0) is 19.6. The molecule has 140 valence electrons. The van der Waals surface area contributed by atoms with E-state index >= 15 is 0 Å². The Balaban J connectivity index is 1.85. The topological polar surface area (TPSA) is 78.5 Å². The largest absolute Gasteiger partial charge is 0.325 e. The fourth-order valence-electron chi connectivity index (χ4n) is 2.91. The van der Waals surface area contributed by atoms with Crippen molar-refractivity contribution in [3.05, 3.63) is 52.0 Å². The molecule has 2 aromatic rings. The minimum absolute atomic E-state index is 0.0333. The van der Waals surface area contributed by atoms with Crippen molar-refractivity contribution in [3.63, 3.8) is 0 Å². The Morgan fingerprint density at radius 1 is 1.07 bits per heavy atom. The summed E-state index contributed by atoms with van der Waals surface area (Å²) >= 11 is 12.2. The van der Waals surface area contributed by atoms with Gasteiger partial charge in [-0.15, -0.1) is 0 Å². The molecule has 0 unspecified atom stereocenters. The number of rotatable bonds is 4. The SMILES string of the molecule is CC(=O)Nc1ccc(NC(=O)c2ccc(Cl)cc2N2CCCC2=O)cc1Cl. The Morgan fingerprint density at radius 3 is 2.48 bits per heavy atom. The third kappa shape index (κ3) is 4.40. The third-order valence-electron chi connectivity index (χ3n) is 4.11. The van der Waals surface area contributed by atoms with Crippen molar-refractivity contribution in [3.8, 4) is 0 Å². The first-order valence-electron chi connectivity index (χ1n) is 8.33. The number of benzene rings is 2. The van der Waals surface area contributed by atoms with Crippen LogP contribution in [-0.2, 0) is 9.59 Å². The van der Waals surface area contributed by atoms with E-state index in [1.165, 1.54) is 6.92 Å². The van der Waals surface area contributed by atoms with Gasteiger partial charge in [-0.05, 0) is 42.8 Å². The van der Waals surface area contributed by atoms with Crippen LogP contribution >= 0.6 is 23.2 Å². The van der Waals surface area contributed by atoms with Crippen molar-refractivity contribution < 1.29 is 14.4 Å². The number of halogens is 2. The van der Waals surface area contributed by atoms with Crippen molar-refractivity contribution in [1.82, 2.24) is 0 Å². The zero-order valence-electron chi connectivity index (χ0n) is 14.5. The second-order valence-corrected chi connectivity index (χ2v) is 6.98. The lowest BCUT2D eigenvalue weighted by Crippen LogP contribution is -2.27. The predicted octanol–water partition coefficient (Wildman–Crippen LogP) is 4.33. The van der Waals surface area contributed by atoms with Crippen LogP contribution in [-0.4, -0.2) is 24.3 Å². The molecule has 1 aliphatic rings. The molecule has 0 atom stereocenters. The van der Waals surface area contributed by atoms with Crippen LogP contribution in [0.15, 0.2) is 36.4 Å². The van der Waals surface area contributed by atoms with E-state index in [0.29, 0.717) is 45.6 Å². The molecule has 0 radical (unpaired) electrons. The fraction of sp³-hybridized carbons (Fsp3) is 0.211. The molecule has 1 saturated heterocycles. The Kier molecular flexibility index (Phi) is 5.68. The summed E-state index contributed by atoms with van der Waals surface area (Å²) in [6, 6.07) is 9.59. The first kappa shape index (κ1) is 19.2. The molecule has 0 bridgehead atoms. The summed E-state index contributed by atoms with van der Waals surface area (Å²) in [5.74, 6) is -0.659. The molecule has 6 nitrogen and oxygen atoms in total. The number of anilines is 3. The number of hydrogen-bond donors (Lipinski definition) is 2. The normalized spacial score (nSPS) is 13.6. The van der Waals surface area contributed by atoms with E-state index in [4.69, 9.17) is 23.2 Å². The highest BCUT2D eigenvalue weighted by molar-refractivity contribution is 6.34. The first-order chi connectivity index (χ1) is 12.8. The maximum absolute atomic E-state index is 12.8. The van der Waals surface area contributed by atoms with Crippen molar-refractivity contribution in [1.29, 1.82) is 0 Å². The summed E-state index contributed by atoms with van der Waals surface area (Å²) in [5.41, 5.74) is 1.75. The molecule has 3 amide bonds. The van der Waals surface area contributed by atoms with Crippen molar-refractivity contribution >= 4 is 58.0 Å². The Labute approximate surface area is 166 Å². The second-order valence-electron chi connectivity index (χ2n) is 6.14. The van der Waals surface area contributed by atoms with Gasteiger partial charge in [-0.1, -0.05) is 23.2 Å². The van der Waals surface area contributed by atoms with Gasteiger partial charge < -0.3 is 15.5 Å². The van der Waals surface area contributed by atoms with Gasteiger partial charge in [0.2, 0.25) is 11.8 Å². The fourth-order valence-corrected chi connectivity index (χ4v) is 3.30. The van der Waals surface area contributed by atoms with Crippen LogP contribution < -0.4 is 15.5 Å². The minimum Gasteiger partial charge on any atom is -0.325 e. The van der Waals surface area contributed by atoms with Gasteiger partial charge >= 0.3 is 0 Å². The number of nitrogens with zero attached hydrogens (tertiary/aromatic N) is 1. The highest BCUT2D eigenvalue weighted by Gasteiger charge is 2.26. The molecule has 27 heavy (non-hydrogen) atoms. The second kappa shape index (κ2) is 7.98. The molecular weight excluding hydrogens is 389 g/mol. The molecule has 0 spiro atoms. The van der Waals surface area contributed by atoms with E-state index < -0.39 is 0 Å². The Bertz CT molecular complexity index is 930. The van der Waals surface area contributed by atoms with Crippen LogP contribution in [0.2, 0.25) is 10.0 Å². The highest BCUT2D eigenvalue weighted by atomic mass is 35.5. The quantitative estimate of drug-likeness (QED) is 0.794. The van der Waals surface area contributed by atoms with E-state index in [1.54, 1.807) is 41.3 Å². The molecule has 2 aromatic carbocycles. The summed E-state index contributed by atoms with van der Waals surface area (Å²) < 4.78 is 0. The van der Waals surface area contributed by atoms with Crippen molar-refractivity contribution in [2.75, 3.05) is 22.1 Å². The number of hydrogen-bond acceptors (Lipinski definition) is 3. The summed E-state index contributed by atoms with van der Waals surface area (Å²) in [6.07, 6.45) is 1.19. The molecule has 1 fully saturated rings. The van der Waals surface area contributed by atoms with E-state index in [-0.39, 0.29) is 17.7 Å². The Hall–Kier alpha value is -2.57. The van der Waals surface area contributed by atoms with Crippen LogP contribution in [0.25, 0.3) is 0 Å². The van der Waals surface area contributed by atoms with Gasteiger partial charge in [-0.3, -0.25) is 14.4 Å². The van der Waals surface area contributed by atoms with Crippen LogP contribution in [0.3, 0.4) is 0 Å². The average molecular weight is 406 g/mol. The third-order valence-corrected chi connectivity index (χ3v) is 4.65. The first-order valence-corrected chi connectivity index (χ1v) is 9.09. The lowest BCUT2D eigenvalue weighted by atomic mass is 10.1. The van der Waals surface area contributed by atoms with E-state index in [2.05, 4.69) is 10.6 Å². The maximum Gasteiger partial charge on any atom is 0.257 e. The number of nitrogens with one attached hydrogen (secondary N) is 2. The molecule has 0 aliphatic carbocycles. The molecule has 2 N–H and O–H groups in total. The molecule has 1 heterocycles. The molecular formula is C19H17Cl2N3O3. The summed E-state index contributed by atoms with van der Waals surface area (Å²) in [4.78, 5) is 37.6. The molecule has 0 aromatic heterocycles. The van der Waals surface area contributed by atoms with E-state index in [9.17, 15) is 14.4 Å². The van der Waals surface area contributed by atoms with Crippen LogP contribution in [0.1, 0.15) is 30.1 Å². The van der Waals surface area contributed by atoms with E-state index in [1.807, 2.05) is 0 Å². The van der Waals surface area contributed by atoms with Crippen LogP contribution in [0, 0.1) is 0 Å². The average Bonchev–Trinajstić information content (AvgIpc) is 3.02. The van der Waals surface area contributed by atoms with Gasteiger partial charge in [0.05, 0.1) is 22.0 Å². The molecule has 0 saturated carbocycles. The minimum atomic E-state index is -0.385. The zero-order valence-corrected chi connectivity index (χ0v) is 16.0. The standard InChI is InChI=1S/C19H17Cl2N3O3/c1-11(25)22-16-7-5-13(10-15(16)21)23-19(27)14-6-4-12(20)9-17(14)24-8-2-3-18(24)26/h4-7,9-10H,2-3,8H2,1H3,(H,22,25)(H,23,27). The van der Waals surface area contributed by atoms with Crippen LogP contribution in [0.4, 0.5) is 17.1 Å². The van der Waals surface area contributed by atoms with Gasteiger partial charge in [0.15, 0.2) is 0 Å². The maximum atomic E-state index is 12.8. The van der Waals surface area contributed by atoms with Gasteiger partial charge in [-0.25, -0.2) is 0 Å². The van der Waals surface area contributed by atoms with Gasteiger partial charge in [0, 0.05) is 30.6 Å². The molecule has 3 rings (SSSR count). The Morgan fingerprint density at radius 2 is 1.85 bits per heavy atom. The van der Waals surface area contributed by atoms with Crippen molar-refractivity contribution in [2.45, 2.75) is 19.8 Å². The number of amides is 3. The van der Waals surface area contributed by atoms with Gasteiger partial charge in [-0.2, -0.15) is 0 Å².